The van der Waals surface area contributed by atoms with Crippen molar-refractivity contribution in [3.63, 3.8) is 0 Å². The maximum absolute atomic E-state index is 5.76. The van der Waals surface area contributed by atoms with Gasteiger partial charge in [0.25, 0.3) is 0 Å². The predicted octanol–water partition coefficient (Wildman–Crippen LogP) is 4.08. The summed E-state index contributed by atoms with van der Waals surface area (Å²) in [5.74, 6) is 1.63. The van der Waals surface area contributed by atoms with Crippen LogP contribution in [-0.2, 0) is 5.33 Å². The lowest BCUT2D eigenvalue weighted by molar-refractivity contribution is 0.476. The van der Waals surface area contributed by atoms with Crippen LogP contribution >= 0.6 is 15.9 Å². The van der Waals surface area contributed by atoms with E-state index >= 15 is 0 Å². The number of para-hydroxylation sites is 1. The van der Waals surface area contributed by atoms with Crippen LogP contribution in [0.1, 0.15) is 11.3 Å². The number of benzene rings is 1. The number of rotatable bonds is 3. The van der Waals surface area contributed by atoms with E-state index in [1.54, 1.807) is 6.20 Å². The second kappa shape index (κ2) is 5.12. The molecule has 0 bridgehead atoms. The molecule has 0 aliphatic carbocycles. The first-order valence-corrected chi connectivity index (χ1v) is 6.16. The molecule has 0 fully saturated rings. The van der Waals surface area contributed by atoms with E-state index in [-0.39, 0.29) is 0 Å². The number of hydrogen-bond donors (Lipinski definition) is 0. The molecule has 0 unspecified atom stereocenters. The minimum absolute atomic E-state index is 0.763. The Morgan fingerprint density at radius 3 is 2.69 bits per heavy atom. The Morgan fingerprint density at radius 1 is 1.19 bits per heavy atom. The fraction of sp³-hybridized carbons (Fsp3) is 0.154. The van der Waals surface area contributed by atoms with Crippen molar-refractivity contribution in [1.82, 2.24) is 4.98 Å². The van der Waals surface area contributed by atoms with E-state index in [0.717, 1.165) is 28.1 Å². The van der Waals surface area contributed by atoms with Crippen molar-refractivity contribution in [2.45, 2.75) is 12.3 Å². The number of aryl methyl sites for hydroxylation is 1. The zero-order chi connectivity index (χ0) is 11.4. The highest BCUT2D eigenvalue weighted by atomic mass is 79.9. The van der Waals surface area contributed by atoms with Crippen LogP contribution in [0.25, 0.3) is 0 Å². The van der Waals surface area contributed by atoms with Crippen molar-refractivity contribution >= 4 is 15.9 Å². The molecule has 0 aliphatic rings. The van der Waals surface area contributed by atoms with Crippen molar-refractivity contribution in [2.24, 2.45) is 0 Å². The van der Waals surface area contributed by atoms with Gasteiger partial charge in [-0.15, -0.1) is 0 Å². The zero-order valence-corrected chi connectivity index (χ0v) is 10.6. The van der Waals surface area contributed by atoms with Gasteiger partial charge in [0.15, 0.2) is 0 Å². The highest BCUT2D eigenvalue weighted by Gasteiger charge is 2.02. The highest BCUT2D eigenvalue weighted by Crippen LogP contribution is 2.26. The first-order valence-electron chi connectivity index (χ1n) is 5.04. The van der Waals surface area contributed by atoms with Crippen molar-refractivity contribution in [2.75, 3.05) is 0 Å². The Bertz CT molecular complexity index is 468. The number of nitrogens with zero attached hydrogens (tertiary/aromatic N) is 1. The Hall–Kier alpha value is -1.35. The van der Waals surface area contributed by atoms with Gasteiger partial charge in [-0.1, -0.05) is 34.1 Å². The summed E-state index contributed by atoms with van der Waals surface area (Å²) in [5.41, 5.74) is 2.12. The van der Waals surface area contributed by atoms with Gasteiger partial charge in [0.1, 0.15) is 11.5 Å². The molecule has 0 saturated carbocycles. The van der Waals surface area contributed by atoms with E-state index in [2.05, 4.69) is 20.9 Å². The number of pyridine rings is 1. The molecule has 1 heterocycles. The van der Waals surface area contributed by atoms with Gasteiger partial charge in [-0.3, -0.25) is 4.98 Å². The van der Waals surface area contributed by atoms with Crippen LogP contribution in [0.2, 0.25) is 0 Å². The molecule has 0 saturated heterocycles. The third-order valence-corrected chi connectivity index (χ3v) is 2.83. The average Bonchev–Trinajstić information content (AvgIpc) is 2.33. The number of ether oxygens (including phenoxy) is 1. The molecule has 16 heavy (non-hydrogen) atoms. The maximum atomic E-state index is 5.76. The molecule has 2 rings (SSSR count). The van der Waals surface area contributed by atoms with E-state index in [4.69, 9.17) is 4.74 Å². The molecule has 82 valence electrons. The number of aromatic nitrogens is 1. The summed E-state index contributed by atoms with van der Waals surface area (Å²) in [4.78, 5) is 4.19. The molecule has 1 aromatic carbocycles. The molecule has 0 spiro atoms. The maximum Gasteiger partial charge on any atom is 0.145 e. The van der Waals surface area contributed by atoms with Gasteiger partial charge >= 0.3 is 0 Å². The lowest BCUT2D eigenvalue weighted by Gasteiger charge is -2.08. The minimum Gasteiger partial charge on any atom is -0.455 e. The molecular formula is C13H12BrNO. The first-order chi connectivity index (χ1) is 7.79. The fourth-order valence-corrected chi connectivity index (χ4v) is 1.82. The number of alkyl halides is 1. The summed E-state index contributed by atoms with van der Waals surface area (Å²) in [6, 6.07) is 11.8. The predicted molar refractivity (Wildman–Crippen MR) is 68.1 cm³/mol. The van der Waals surface area contributed by atoms with E-state index < -0.39 is 0 Å². The summed E-state index contributed by atoms with van der Waals surface area (Å²) in [7, 11) is 0. The van der Waals surface area contributed by atoms with Crippen LogP contribution in [0.15, 0.2) is 42.6 Å². The summed E-state index contributed by atoms with van der Waals surface area (Å²) < 4.78 is 5.76. The molecule has 2 aromatic rings. The third kappa shape index (κ3) is 2.61. The molecule has 0 radical (unpaired) electrons. The molecule has 1 aromatic heterocycles. The quantitative estimate of drug-likeness (QED) is 0.789. The molecule has 0 amide bonds. The van der Waals surface area contributed by atoms with Crippen molar-refractivity contribution < 1.29 is 4.74 Å². The van der Waals surface area contributed by atoms with Crippen LogP contribution in [0.5, 0.6) is 11.5 Å². The van der Waals surface area contributed by atoms with Gasteiger partial charge in [0, 0.05) is 16.6 Å². The zero-order valence-electron chi connectivity index (χ0n) is 8.98. The number of hydrogen-bond acceptors (Lipinski definition) is 2. The normalized spacial score (nSPS) is 10.1. The van der Waals surface area contributed by atoms with E-state index in [9.17, 15) is 0 Å². The smallest absolute Gasteiger partial charge is 0.145 e. The molecule has 0 N–H and O–H groups in total. The van der Waals surface area contributed by atoms with Crippen molar-refractivity contribution in [1.29, 1.82) is 0 Å². The van der Waals surface area contributed by atoms with E-state index in [1.165, 1.54) is 0 Å². The van der Waals surface area contributed by atoms with Crippen LogP contribution in [0.3, 0.4) is 0 Å². The number of halogens is 1. The highest BCUT2D eigenvalue weighted by molar-refractivity contribution is 9.08. The Labute approximate surface area is 103 Å². The largest absolute Gasteiger partial charge is 0.455 e. The van der Waals surface area contributed by atoms with Gasteiger partial charge in [0.2, 0.25) is 0 Å². The van der Waals surface area contributed by atoms with Gasteiger partial charge in [-0.05, 0) is 25.1 Å². The summed E-state index contributed by atoms with van der Waals surface area (Å²) in [6.07, 6.45) is 1.74. The Balaban J connectivity index is 2.23. The van der Waals surface area contributed by atoms with Crippen LogP contribution < -0.4 is 4.74 Å². The van der Waals surface area contributed by atoms with Crippen LogP contribution in [0, 0.1) is 6.92 Å². The molecular weight excluding hydrogens is 266 g/mol. The topological polar surface area (TPSA) is 22.1 Å². The second-order valence-corrected chi connectivity index (χ2v) is 4.04. The summed E-state index contributed by atoms with van der Waals surface area (Å²) in [6.45, 7) is 1.95. The first kappa shape index (κ1) is 11.1. The van der Waals surface area contributed by atoms with E-state index in [1.807, 2.05) is 43.3 Å². The second-order valence-electron chi connectivity index (χ2n) is 3.48. The average molecular weight is 278 g/mol. The minimum atomic E-state index is 0.763. The van der Waals surface area contributed by atoms with Gasteiger partial charge in [-0.25, -0.2) is 0 Å². The lowest BCUT2D eigenvalue weighted by Crippen LogP contribution is -1.90. The van der Waals surface area contributed by atoms with Gasteiger partial charge < -0.3 is 4.74 Å². The fourth-order valence-electron chi connectivity index (χ4n) is 1.36. The Morgan fingerprint density at radius 2 is 2.00 bits per heavy atom. The van der Waals surface area contributed by atoms with Gasteiger partial charge in [0.05, 0.1) is 6.20 Å². The van der Waals surface area contributed by atoms with Crippen LogP contribution in [-0.4, -0.2) is 4.98 Å². The van der Waals surface area contributed by atoms with Crippen molar-refractivity contribution in [3.8, 4) is 11.5 Å². The summed E-state index contributed by atoms with van der Waals surface area (Å²) >= 11 is 3.44. The molecule has 2 nitrogen and oxygen atoms in total. The Kier molecular flexibility index (Phi) is 3.57. The van der Waals surface area contributed by atoms with Gasteiger partial charge in [-0.2, -0.15) is 0 Å². The van der Waals surface area contributed by atoms with Crippen molar-refractivity contribution in [3.05, 3.63) is 53.9 Å². The van der Waals surface area contributed by atoms with E-state index in [0.29, 0.717) is 0 Å². The third-order valence-electron chi connectivity index (χ3n) is 2.23. The van der Waals surface area contributed by atoms with Crippen LogP contribution in [0.4, 0.5) is 0 Å². The lowest BCUT2D eigenvalue weighted by atomic mass is 10.2. The molecule has 0 aliphatic heterocycles. The summed E-state index contributed by atoms with van der Waals surface area (Å²) in [5, 5.41) is 0.780. The molecule has 0 atom stereocenters. The standard InChI is InChI=1S/C13H12BrNO/c1-10-6-7-12(9-15-10)16-13-5-3-2-4-11(13)8-14/h2-7,9H,8H2,1H3. The SMILES string of the molecule is Cc1ccc(Oc2ccccc2CBr)cn1. The monoisotopic (exact) mass is 277 g/mol. The molecule has 3 heteroatoms.